The maximum Gasteiger partial charge on any atom is 0.0843 e. The van der Waals surface area contributed by atoms with E-state index in [-0.39, 0.29) is 6.04 Å². The Bertz CT molecular complexity index is 271. The molecule has 1 rings (SSSR count). The van der Waals surface area contributed by atoms with Crippen LogP contribution >= 0.6 is 43.2 Å². The van der Waals surface area contributed by atoms with Gasteiger partial charge in [-0.1, -0.05) is 6.92 Å². The largest absolute Gasteiger partial charge is 0.379 e. The number of thiophene rings is 1. The predicted octanol–water partition coefficient (Wildman–Crippen LogP) is 3.70. The summed E-state index contributed by atoms with van der Waals surface area (Å²) in [5.74, 6) is 0. The molecular weight excluding hydrogens is 330 g/mol. The molecule has 0 fully saturated rings. The number of hydrogen-bond acceptors (Lipinski definition) is 3. The van der Waals surface area contributed by atoms with E-state index >= 15 is 0 Å². The summed E-state index contributed by atoms with van der Waals surface area (Å²) >= 11 is 8.52. The Labute approximate surface area is 105 Å². The van der Waals surface area contributed by atoms with Gasteiger partial charge in [-0.2, -0.15) is 0 Å². The smallest absolute Gasteiger partial charge is 0.0843 e. The summed E-state index contributed by atoms with van der Waals surface area (Å²) in [6, 6.07) is 2.02. The average Bonchev–Trinajstić information content (AvgIpc) is 2.47. The highest BCUT2D eigenvalue weighted by Gasteiger charge is 2.11. The number of hydrogen-bond donors (Lipinski definition) is 1. The van der Waals surface area contributed by atoms with Gasteiger partial charge in [-0.05, 0) is 44.3 Å². The molecule has 0 aromatic carbocycles. The van der Waals surface area contributed by atoms with E-state index in [1.807, 2.05) is 6.07 Å². The summed E-state index contributed by atoms with van der Waals surface area (Å²) in [5, 5.41) is 0. The van der Waals surface area contributed by atoms with Gasteiger partial charge in [-0.25, -0.2) is 0 Å². The SMILES string of the molecule is CCCOCC(N)c1cc(Br)c(Br)s1. The van der Waals surface area contributed by atoms with Gasteiger partial charge in [0, 0.05) is 16.0 Å². The molecule has 0 amide bonds. The van der Waals surface area contributed by atoms with Gasteiger partial charge in [-0.15, -0.1) is 11.3 Å². The summed E-state index contributed by atoms with van der Waals surface area (Å²) in [5.41, 5.74) is 5.96. The van der Waals surface area contributed by atoms with Crippen LogP contribution in [0.1, 0.15) is 24.3 Å². The third-order valence-corrected chi connectivity index (χ3v) is 5.06. The fraction of sp³-hybridized carbons (Fsp3) is 0.556. The molecule has 2 nitrogen and oxygen atoms in total. The topological polar surface area (TPSA) is 35.2 Å². The quantitative estimate of drug-likeness (QED) is 0.828. The summed E-state index contributed by atoms with van der Waals surface area (Å²) in [6.45, 7) is 3.46. The molecule has 0 aliphatic carbocycles. The summed E-state index contributed by atoms with van der Waals surface area (Å²) in [6.07, 6.45) is 1.03. The van der Waals surface area contributed by atoms with E-state index in [4.69, 9.17) is 10.5 Å². The second-order valence-corrected chi connectivity index (χ2v) is 6.21. The van der Waals surface area contributed by atoms with E-state index in [0.717, 1.165) is 26.2 Å². The third-order valence-electron chi connectivity index (χ3n) is 1.68. The Morgan fingerprint density at radius 3 is 2.79 bits per heavy atom. The molecule has 1 atom stereocenters. The molecule has 1 unspecified atom stereocenters. The number of ether oxygens (including phenoxy) is 1. The first-order valence-electron chi connectivity index (χ1n) is 4.43. The predicted molar refractivity (Wildman–Crippen MR) is 67.8 cm³/mol. The lowest BCUT2D eigenvalue weighted by molar-refractivity contribution is 0.122. The standard InChI is InChI=1S/C9H13Br2NOS/c1-2-3-13-5-7(12)8-4-6(10)9(11)14-8/h4,7H,2-3,5,12H2,1H3. The third kappa shape index (κ3) is 3.62. The monoisotopic (exact) mass is 341 g/mol. The molecule has 2 N–H and O–H groups in total. The molecular formula is C9H13Br2NOS. The second-order valence-electron chi connectivity index (χ2n) is 2.95. The average molecular weight is 343 g/mol. The minimum absolute atomic E-state index is 0.0193. The van der Waals surface area contributed by atoms with Gasteiger partial charge in [0.15, 0.2) is 0 Å². The molecule has 0 saturated heterocycles. The van der Waals surface area contributed by atoms with E-state index in [1.54, 1.807) is 11.3 Å². The Morgan fingerprint density at radius 2 is 2.29 bits per heavy atom. The van der Waals surface area contributed by atoms with Gasteiger partial charge in [-0.3, -0.25) is 0 Å². The lowest BCUT2D eigenvalue weighted by atomic mass is 10.3. The van der Waals surface area contributed by atoms with Crippen LogP contribution in [-0.4, -0.2) is 13.2 Å². The molecule has 80 valence electrons. The zero-order chi connectivity index (χ0) is 10.6. The maximum absolute atomic E-state index is 5.96. The zero-order valence-corrected chi connectivity index (χ0v) is 11.9. The molecule has 1 aromatic heterocycles. The molecule has 5 heteroatoms. The van der Waals surface area contributed by atoms with Crippen molar-refractivity contribution in [3.05, 3.63) is 19.2 Å². The molecule has 0 bridgehead atoms. The fourth-order valence-corrected chi connectivity index (χ4v) is 3.06. The minimum atomic E-state index is -0.0193. The van der Waals surface area contributed by atoms with Crippen LogP contribution in [0.15, 0.2) is 14.3 Å². The van der Waals surface area contributed by atoms with Crippen LogP contribution < -0.4 is 5.73 Å². The van der Waals surface area contributed by atoms with Crippen molar-refractivity contribution in [2.75, 3.05) is 13.2 Å². The first-order chi connectivity index (χ1) is 6.65. The van der Waals surface area contributed by atoms with Crippen LogP contribution in [0.5, 0.6) is 0 Å². The van der Waals surface area contributed by atoms with Crippen LogP contribution in [-0.2, 0) is 4.74 Å². The van der Waals surface area contributed by atoms with Crippen LogP contribution in [0.4, 0.5) is 0 Å². The molecule has 0 aliphatic heterocycles. The van der Waals surface area contributed by atoms with Crippen molar-refractivity contribution >= 4 is 43.2 Å². The Kier molecular flexibility index (Phi) is 5.62. The summed E-state index contributed by atoms with van der Waals surface area (Å²) < 4.78 is 7.54. The number of nitrogens with two attached hydrogens (primary N) is 1. The van der Waals surface area contributed by atoms with Gasteiger partial charge in [0.25, 0.3) is 0 Å². The second kappa shape index (κ2) is 6.23. The van der Waals surface area contributed by atoms with Crippen molar-refractivity contribution < 1.29 is 4.74 Å². The Morgan fingerprint density at radius 1 is 1.57 bits per heavy atom. The van der Waals surface area contributed by atoms with Gasteiger partial charge >= 0.3 is 0 Å². The van der Waals surface area contributed by atoms with Crippen molar-refractivity contribution in [2.24, 2.45) is 5.73 Å². The fourth-order valence-electron chi connectivity index (χ4n) is 0.983. The molecule has 0 radical (unpaired) electrons. The lowest BCUT2D eigenvalue weighted by Gasteiger charge is -2.09. The van der Waals surface area contributed by atoms with Crippen LogP contribution in [0.3, 0.4) is 0 Å². The molecule has 0 saturated carbocycles. The van der Waals surface area contributed by atoms with Crippen molar-refractivity contribution in [2.45, 2.75) is 19.4 Å². The minimum Gasteiger partial charge on any atom is -0.379 e. The molecule has 0 spiro atoms. The highest BCUT2D eigenvalue weighted by molar-refractivity contribution is 9.13. The Hall–Kier alpha value is 0.580. The van der Waals surface area contributed by atoms with Gasteiger partial charge in [0.1, 0.15) is 0 Å². The zero-order valence-electron chi connectivity index (χ0n) is 7.93. The van der Waals surface area contributed by atoms with E-state index in [0.29, 0.717) is 6.61 Å². The van der Waals surface area contributed by atoms with E-state index in [2.05, 4.69) is 38.8 Å². The number of rotatable bonds is 5. The first kappa shape index (κ1) is 12.6. The van der Waals surface area contributed by atoms with Crippen molar-refractivity contribution in [3.63, 3.8) is 0 Å². The van der Waals surface area contributed by atoms with Gasteiger partial charge in [0.2, 0.25) is 0 Å². The van der Waals surface area contributed by atoms with Crippen LogP contribution in [0, 0.1) is 0 Å². The number of halogens is 2. The lowest BCUT2D eigenvalue weighted by Crippen LogP contribution is -2.16. The molecule has 1 aromatic rings. The van der Waals surface area contributed by atoms with Gasteiger partial charge in [0.05, 0.1) is 16.4 Å². The highest BCUT2D eigenvalue weighted by atomic mass is 79.9. The maximum atomic E-state index is 5.96. The first-order valence-corrected chi connectivity index (χ1v) is 6.83. The van der Waals surface area contributed by atoms with E-state index in [1.165, 1.54) is 0 Å². The van der Waals surface area contributed by atoms with Crippen molar-refractivity contribution in [1.82, 2.24) is 0 Å². The van der Waals surface area contributed by atoms with Crippen molar-refractivity contribution in [1.29, 1.82) is 0 Å². The Balaban J connectivity index is 2.47. The summed E-state index contributed by atoms with van der Waals surface area (Å²) in [4.78, 5) is 1.14. The summed E-state index contributed by atoms with van der Waals surface area (Å²) in [7, 11) is 0. The van der Waals surface area contributed by atoms with Crippen LogP contribution in [0.2, 0.25) is 0 Å². The van der Waals surface area contributed by atoms with Gasteiger partial charge < -0.3 is 10.5 Å². The van der Waals surface area contributed by atoms with E-state index in [9.17, 15) is 0 Å². The highest BCUT2D eigenvalue weighted by Crippen LogP contribution is 2.34. The van der Waals surface area contributed by atoms with Crippen LogP contribution in [0.25, 0.3) is 0 Å². The molecule has 0 aliphatic rings. The molecule has 14 heavy (non-hydrogen) atoms. The molecule has 1 heterocycles. The van der Waals surface area contributed by atoms with Crippen molar-refractivity contribution in [3.8, 4) is 0 Å². The normalized spacial score (nSPS) is 13.1. The van der Waals surface area contributed by atoms with E-state index < -0.39 is 0 Å².